The number of aromatic nitrogens is 2. The lowest BCUT2D eigenvalue weighted by Gasteiger charge is -2.30. The SMILES string of the molecule is O=C(c1ccc(-n2cccn2)c(C#Cc2ccccc2)c1)N1CCC[C@H](O)C1. The number of carbonyl (C=O) groups excluding carboxylic acids is 1. The molecule has 1 aliphatic rings. The number of carbonyl (C=O) groups is 1. The summed E-state index contributed by atoms with van der Waals surface area (Å²) in [6.45, 7) is 1.05. The molecule has 4 rings (SSSR count). The van der Waals surface area contributed by atoms with Crippen molar-refractivity contribution >= 4 is 5.91 Å². The van der Waals surface area contributed by atoms with Crippen LogP contribution >= 0.6 is 0 Å². The summed E-state index contributed by atoms with van der Waals surface area (Å²) in [6, 6.07) is 17.1. The maximum atomic E-state index is 12.9. The van der Waals surface area contributed by atoms with E-state index in [4.69, 9.17) is 0 Å². The van der Waals surface area contributed by atoms with E-state index in [1.807, 2.05) is 54.7 Å². The molecule has 0 bridgehead atoms. The summed E-state index contributed by atoms with van der Waals surface area (Å²) < 4.78 is 1.74. The van der Waals surface area contributed by atoms with Crippen molar-refractivity contribution in [3.63, 3.8) is 0 Å². The van der Waals surface area contributed by atoms with E-state index in [1.54, 1.807) is 21.8 Å². The van der Waals surface area contributed by atoms with Gasteiger partial charge in [-0.2, -0.15) is 5.10 Å². The van der Waals surface area contributed by atoms with Crippen LogP contribution in [0.2, 0.25) is 0 Å². The molecular weight excluding hydrogens is 350 g/mol. The topological polar surface area (TPSA) is 58.4 Å². The second-order valence-electron chi connectivity index (χ2n) is 6.85. The van der Waals surface area contributed by atoms with Crippen molar-refractivity contribution in [2.45, 2.75) is 18.9 Å². The van der Waals surface area contributed by atoms with Crippen molar-refractivity contribution in [2.24, 2.45) is 0 Å². The Balaban J connectivity index is 1.70. The number of amides is 1. The Morgan fingerprint density at radius 1 is 1.11 bits per heavy atom. The van der Waals surface area contributed by atoms with Crippen LogP contribution in [-0.2, 0) is 0 Å². The van der Waals surface area contributed by atoms with Crippen LogP contribution in [0.5, 0.6) is 0 Å². The third-order valence-corrected chi connectivity index (χ3v) is 4.79. The second kappa shape index (κ2) is 8.12. The van der Waals surface area contributed by atoms with E-state index in [9.17, 15) is 9.90 Å². The van der Waals surface area contributed by atoms with E-state index in [-0.39, 0.29) is 5.91 Å². The molecule has 1 amide bonds. The van der Waals surface area contributed by atoms with E-state index in [2.05, 4.69) is 16.9 Å². The Kier molecular flexibility index (Phi) is 5.22. The number of aliphatic hydroxyl groups excluding tert-OH is 1. The number of β-amino-alcohol motifs (C(OH)–C–C–N with tert-alkyl or cyclic N) is 1. The third kappa shape index (κ3) is 3.98. The van der Waals surface area contributed by atoms with E-state index in [0.717, 1.165) is 29.7 Å². The van der Waals surface area contributed by atoms with Gasteiger partial charge < -0.3 is 10.0 Å². The molecule has 1 fully saturated rings. The molecule has 3 aromatic rings. The first kappa shape index (κ1) is 18.0. The van der Waals surface area contributed by atoms with Gasteiger partial charge in [-0.25, -0.2) is 4.68 Å². The fourth-order valence-electron chi connectivity index (χ4n) is 3.36. The molecule has 0 radical (unpaired) electrons. The quantitative estimate of drug-likeness (QED) is 0.705. The highest BCUT2D eigenvalue weighted by atomic mass is 16.3. The Bertz CT molecular complexity index is 1020. The lowest BCUT2D eigenvalue weighted by Crippen LogP contribution is -2.42. The average Bonchev–Trinajstić information content (AvgIpc) is 3.27. The Morgan fingerprint density at radius 3 is 2.71 bits per heavy atom. The summed E-state index contributed by atoms with van der Waals surface area (Å²) >= 11 is 0. The fraction of sp³-hybridized carbons (Fsp3) is 0.217. The highest BCUT2D eigenvalue weighted by Gasteiger charge is 2.23. The van der Waals surface area contributed by atoms with Crippen molar-refractivity contribution < 1.29 is 9.90 Å². The van der Waals surface area contributed by atoms with E-state index < -0.39 is 6.10 Å². The molecule has 1 aromatic heterocycles. The molecule has 140 valence electrons. The van der Waals surface area contributed by atoms with Gasteiger partial charge in [-0.15, -0.1) is 0 Å². The second-order valence-corrected chi connectivity index (χ2v) is 6.85. The number of piperidine rings is 1. The van der Waals surface area contributed by atoms with Crippen LogP contribution in [0.25, 0.3) is 5.69 Å². The monoisotopic (exact) mass is 371 g/mol. The molecule has 2 heterocycles. The molecule has 2 aromatic carbocycles. The zero-order valence-corrected chi connectivity index (χ0v) is 15.5. The third-order valence-electron chi connectivity index (χ3n) is 4.79. The molecule has 28 heavy (non-hydrogen) atoms. The zero-order chi connectivity index (χ0) is 19.3. The molecule has 5 nitrogen and oxygen atoms in total. The summed E-state index contributed by atoms with van der Waals surface area (Å²) in [4.78, 5) is 14.6. The molecule has 0 unspecified atom stereocenters. The fourth-order valence-corrected chi connectivity index (χ4v) is 3.36. The minimum Gasteiger partial charge on any atom is -0.391 e. The normalized spacial score (nSPS) is 16.3. The number of aliphatic hydroxyl groups is 1. The lowest BCUT2D eigenvalue weighted by atomic mass is 10.0. The van der Waals surface area contributed by atoms with Gasteiger partial charge >= 0.3 is 0 Å². The van der Waals surface area contributed by atoms with Gasteiger partial charge in [-0.1, -0.05) is 30.0 Å². The van der Waals surface area contributed by atoms with Crippen LogP contribution in [-0.4, -0.2) is 44.9 Å². The first-order chi connectivity index (χ1) is 13.7. The number of benzene rings is 2. The van der Waals surface area contributed by atoms with Crippen LogP contribution < -0.4 is 0 Å². The average molecular weight is 371 g/mol. The minimum atomic E-state index is -0.446. The van der Waals surface area contributed by atoms with Crippen LogP contribution in [0.15, 0.2) is 67.0 Å². The molecule has 0 aliphatic carbocycles. The summed E-state index contributed by atoms with van der Waals surface area (Å²) in [5, 5.41) is 14.2. The van der Waals surface area contributed by atoms with Gasteiger partial charge in [-0.3, -0.25) is 4.79 Å². The van der Waals surface area contributed by atoms with E-state index in [0.29, 0.717) is 18.7 Å². The highest BCUT2D eigenvalue weighted by Crippen LogP contribution is 2.19. The first-order valence-corrected chi connectivity index (χ1v) is 9.39. The van der Waals surface area contributed by atoms with Crippen LogP contribution in [0.4, 0.5) is 0 Å². The van der Waals surface area contributed by atoms with Crippen molar-refractivity contribution in [2.75, 3.05) is 13.1 Å². The maximum absolute atomic E-state index is 12.9. The first-order valence-electron chi connectivity index (χ1n) is 9.39. The highest BCUT2D eigenvalue weighted by molar-refractivity contribution is 5.95. The van der Waals surface area contributed by atoms with Crippen LogP contribution in [0.3, 0.4) is 0 Å². The lowest BCUT2D eigenvalue weighted by molar-refractivity contribution is 0.0473. The van der Waals surface area contributed by atoms with Crippen molar-refractivity contribution in [1.29, 1.82) is 0 Å². The van der Waals surface area contributed by atoms with Crippen LogP contribution in [0, 0.1) is 11.8 Å². The number of likely N-dealkylation sites (tertiary alicyclic amines) is 1. The van der Waals surface area contributed by atoms with E-state index in [1.165, 1.54) is 0 Å². The Labute approximate surface area is 164 Å². The van der Waals surface area contributed by atoms with Gasteiger partial charge in [0, 0.05) is 36.6 Å². The molecule has 0 saturated carbocycles. The minimum absolute atomic E-state index is 0.0754. The molecule has 5 heteroatoms. The van der Waals surface area contributed by atoms with Gasteiger partial charge in [0.25, 0.3) is 5.91 Å². The number of hydrogen-bond donors (Lipinski definition) is 1. The largest absolute Gasteiger partial charge is 0.391 e. The van der Waals surface area contributed by atoms with Gasteiger partial charge in [0.15, 0.2) is 0 Å². The molecular formula is C23H21N3O2. The smallest absolute Gasteiger partial charge is 0.253 e. The summed E-state index contributed by atoms with van der Waals surface area (Å²) in [5.74, 6) is 6.28. The summed E-state index contributed by atoms with van der Waals surface area (Å²) in [5.41, 5.74) is 3.03. The number of nitrogens with zero attached hydrogens (tertiary/aromatic N) is 3. The molecule has 1 saturated heterocycles. The van der Waals surface area contributed by atoms with Gasteiger partial charge in [-0.05, 0) is 49.2 Å². The van der Waals surface area contributed by atoms with Gasteiger partial charge in [0.05, 0.1) is 17.4 Å². The Morgan fingerprint density at radius 2 is 1.96 bits per heavy atom. The van der Waals surface area contributed by atoms with E-state index >= 15 is 0 Å². The number of hydrogen-bond acceptors (Lipinski definition) is 3. The molecule has 1 aliphatic heterocycles. The number of rotatable bonds is 2. The predicted octanol–water partition coefficient (Wildman–Crippen LogP) is 2.87. The van der Waals surface area contributed by atoms with Crippen molar-refractivity contribution in [1.82, 2.24) is 14.7 Å². The Hall–Kier alpha value is -3.36. The zero-order valence-electron chi connectivity index (χ0n) is 15.5. The molecule has 1 atom stereocenters. The maximum Gasteiger partial charge on any atom is 0.253 e. The van der Waals surface area contributed by atoms with Crippen molar-refractivity contribution in [3.05, 3.63) is 83.7 Å². The summed E-state index contributed by atoms with van der Waals surface area (Å²) in [6.07, 6.45) is 4.68. The molecule has 1 N–H and O–H groups in total. The molecule has 0 spiro atoms. The predicted molar refractivity (Wildman–Crippen MR) is 107 cm³/mol. The van der Waals surface area contributed by atoms with Gasteiger partial charge in [0.2, 0.25) is 0 Å². The summed E-state index contributed by atoms with van der Waals surface area (Å²) in [7, 11) is 0. The van der Waals surface area contributed by atoms with Gasteiger partial charge in [0.1, 0.15) is 0 Å². The standard InChI is InChI=1S/C23H21N3O2/c27-21-8-4-14-25(17-21)23(28)20-11-12-22(26-15-5-13-24-26)19(16-20)10-9-18-6-2-1-3-7-18/h1-3,5-7,11-13,15-16,21,27H,4,8,14,17H2/t21-/m0/s1. The van der Waals surface area contributed by atoms with Crippen LogP contribution in [0.1, 0.15) is 34.3 Å². The van der Waals surface area contributed by atoms with Crippen molar-refractivity contribution in [3.8, 4) is 17.5 Å².